The molecule has 1 unspecified atom stereocenters. The normalized spacial score (nSPS) is 18.1. The number of nitrogens with one attached hydrogen (secondary N) is 1. The summed E-state index contributed by atoms with van der Waals surface area (Å²) in [4.78, 5) is 17.1. The molecule has 4 rings (SSSR count). The largest absolute Gasteiger partial charge is 0.454 e. The minimum absolute atomic E-state index is 0.0957. The number of halogens is 3. The van der Waals surface area contributed by atoms with Crippen molar-refractivity contribution in [3.05, 3.63) is 59.2 Å². The highest BCUT2D eigenvalue weighted by molar-refractivity contribution is 5.94. The van der Waals surface area contributed by atoms with Crippen molar-refractivity contribution in [3.63, 3.8) is 0 Å². The zero-order valence-corrected chi connectivity index (χ0v) is 17.1. The molecule has 2 aromatic carbocycles. The quantitative estimate of drug-likeness (QED) is 0.782. The van der Waals surface area contributed by atoms with Crippen LogP contribution in [0, 0.1) is 0 Å². The fourth-order valence-corrected chi connectivity index (χ4v) is 3.81. The SMILES string of the molecule is CN1CCN(C(CNC(=O)c2ccc(C(F)(F)F)cc2)c2ccc3c(c2)OCO3)CC1. The van der Waals surface area contributed by atoms with Gasteiger partial charge in [0.05, 0.1) is 11.6 Å². The zero-order chi connectivity index (χ0) is 22.0. The maximum Gasteiger partial charge on any atom is 0.416 e. The van der Waals surface area contributed by atoms with Crippen molar-refractivity contribution < 1.29 is 27.4 Å². The van der Waals surface area contributed by atoms with Crippen molar-refractivity contribution in [2.45, 2.75) is 12.2 Å². The van der Waals surface area contributed by atoms with Crippen LogP contribution in [0.4, 0.5) is 13.2 Å². The van der Waals surface area contributed by atoms with Crippen LogP contribution < -0.4 is 14.8 Å². The summed E-state index contributed by atoms with van der Waals surface area (Å²) in [5, 5.41) is 2.88. The fraction of sp³-hybridized carbons (Fsp3) is 0.409. The van der Waals surface area contributed by atoms with E-state index in [-0.39, 0.29) is 18.4 Å². The molecule has 6 nitrogen and oxygen atoms in total. The standard InChI is InChI=1S/C22H24F3N3O3/c1-27-8-10-28(11-9-27)18(16-4-7-19-20(12-16)31-14-30-19)13-26-21(29)15-2-5-17(6-3-15)22(23,24)25/h2-7,12,18H,8-11,13-14H2,1H3,(H,26,29). The number of hydrogen-bond acceptors (Lipinski definition) is 5. The number of piperazine rings is 1. The van der Waals surface area contributed by atoms with E-state index >= 15 is 0 Å². The average Bonchev–Trinajstić information content (AvgIpc) is 3.22. The summed E-state index contributed by atoms with van der Waals surface area (Å²) >= 11 is 0. The van der Waals surface area contributed by atoms with Gasteiger partial charge in [0.15, 0.2) is 11.5 Å². The molecule has 2 aliphatic heterocycles. The van der Waals surface area contributed by atoms with Gasteiger partial charge in [0.2, 0.25) is 6.79 Å². The van der Waals surface area contributed by atoms with E-state index in [0.717, 1.165) is 43.9 Å². The van der Waals surface area contributed by atoms with E-state index in [1.54, 1.807) is 0 Å². The molecule has 0 spiro atoms. The molecular formula is C22H24F3N3O3. The summed E-state index contributed by atoms with van der Waals surface area (Å²) in [5.74, 6) is 0.953. The van der Waals surface area contributed by atoms with Crippen LogP contribution in [0.25, 0.3) is 0 Å². The third-order valence-corrected chi connectivity index (χ3v) is 5.69. The Morgan fingerprint density at radius 3 is 2.39 bits per heavy atom. The summed E-state index contributed by atoms with van der Waals surface area (Å²) in [6.07, 6.45) is -4.43. The van der Waals surface area contributed by atoms with E-state index in [4.69, 9.17) is 9.47 Å². The summed E-state index contributed by atoms with van der Waals surface area (Å²) in [6.45, 7) is 4.01. The van der Waals surface area contributed by atoms with Gasteiger partial charge in [0.1, 0.15) is 0 Å². The van der Waals surface area contributed by atoms with Crippen molar-refractivity contribution in [1.29, 1.82) is 0 Å². The maximum atomic E-state index is 12.8. The summed E-state index contributed by atoms with van der Waals surface area (Å²) in [7, 11) is 2.07. The van der Waals surface area contributed by atoms with Gasteiger partial charge in [-0.2, -0.15) is 13.2 Å². The molecule has 166 valence electrons. The number of hydrogen-bond donors (Lipinski definition) is 1. The second-order valence-corrected chi connectivity index (χ2v) is 7.75. The molecule has 1 amide bonds. The number of carbonyl (C=O) groups excluding carboxylic acids is 1. The molecule has 2 heterocycles. The number of alkyl halides is 3. The highest BCUT2D eigenvalue weighted by atomic mass is 19.4. The summed E-state index contributed by atoms with van der Waals surface area (Å²) in [5.41, 5.74) is 0.400. The smallest absolute Gasteiger partial charge is 0.416 e. The van der Waals surface area contributed by atoms with E-state index < -0.39 is 17.6 Å². The van der Waals surface area contributed by atoms with E-state index in [1.807, 2.05) is 18.2 Å². The highest BCUT2D eigenvalue weighted by Gasteiger charge is 2.30. The molecule has 0 aromatic heterocycles. The number of amides is 1. The predicted octanol–water partition coefficient (Wildman–Crippen LogP) is 3.15. The third-order valence-electron chi connectivity index (χ3n) is 5.69. The lowest BCUT2D eigenvalue weighted by molar-refractivity contribution is -0.137. The Hall–Kier alpha value is -2.78. The molecule has 31 heavy (non-hydrogen) atoms. The van der Waals surface area contributed by atoms with Gasteiger partial charge in [-0.25, -0.2) is 0 Å². The molecule has 1 saturated heterocycles. The van der Waals surface area contributed by atoms with Gasteiger partial charge < -0.3 is 19.7 Å². The Balaban J connectivity index is 1.49. The monoisotopic (exact) mass is 435 g/mol. The van der Waals surface area contributed by atoms with Crippen LogP contribution in [0.1, 0.15) is 27.5 Å². The Morgan fingerprint density at radius 2 is 1.71 bits per heavy atom. The average molecular weight is 435 g/mol. The molecule has 2 aliphatic rings. The van der Waals surface area contributed by atoms with Gasteiger partial charge in [-0.3, -0.25) is 9.69 Å². The van der Waals surface area contributed by atoms with Crippen LogP contribution >= 0.6 is 0 Å². The van der Waals surface area contributed by atoms with Gasteiger partial charge in [-0.05, 0) is 49.0 Å². The van der Waals surface area contributed by atoms with E-state index in [9.17, 15) is 18.0 Å². The zero-order valence-electron chi connectivity index (χ0n) is 17.1. The first-order chi connectivity index (χ1) is 14.8. The molecule has 9 heteroatoms. The van der Waals surface area contributed by atoms with Crippen LogP contribution in [0.2, 0.25) is 0 Å². The first-order valence-electron chi connectivity index (χ1n) is 10.1. The Morgan fingerprint density at radius 1 is 1.03 bits per heavy atom. The lowest BCUT2D eigenvalue weighted by Crippen LogP contribution is -2.48. The highest BCUT2D eigenvalue weighted by Crippen LogP contribution is 2.35. The van der Waals surface area contributed by atoms with Crippen molar-refractivity contribution in [2.75, 3.05) is 46.6 Å². The van der Waals surface area contributed by atoms with Gasteiger partial charge in [0.25, 0.3) is 5.91 Å². The van der Waals surface area contributed by atoms with E-state index in [2.05, 4.69) is 22.2 Å². The van der Waals surface area contributed by atoms with Gasteiger partial charge in [0, 0.05) is 38.3 Å². The van der Waals surface area contributed by atoms with Crippen LogP contribution in [-0.4, -0.2) is 62.3 Å². The number of ether oxygens (including phenoxy) is 2. The Bertz CT molecular complexity index is 926. The summed E-state index contributed by atoms with van der Waals surface area (Å²) in [6, 6.07) is 9.89. The number of benzene rings is 2. The van der Waals surface area contributed by atoms with Crippen LogP contribution in [0.3, 0.4) is 0 Å². The van der Waals surface area contributed by atoms with E-state index in [1.165, 1.54) is 12.1 Å². The fourth-order valence-electron chi connectivity index (χ4n) is 3.81. The molecule has 2 aromatic rings. The Kier molecular flexibility index (Phi) is 6.06. The number of fused-ring (bicyclic) bond motifs is 1. The lowest BCUT2D eigenvalue weighted by Gasteiger charge is -2.38. The van der Waals surface area contributed by atoms with Crippen LogP contribution in [-0.2, 0) is 6.18 Å². The second kappa shape index (κ2) is 8.76. The Labute approximate surface area is 178 Å². The van der Waals surface area contributed by atoms with Gasteiger partial charge >= 0.3 is 6.18 Å². The van der Waals surface area contributed by atoms with Crippen LogP contribution in [0.5, 0.6) is 11.5 Å². The van der Waals surface area contributed by atoms with Gasteiger partial charge in [-0.15, -0.1) is 0 Å². The van der Waals surface area contributed by atoms with Crippen molar-refractivity contribution >= 4 is 5.91 Å². The minimum Gasteiger partial charge on any atom is -0.454 e. The van der Waals surface area contributed by atoms with E-state index in [0.29, 0.717) is 18.0 Å². The minimum atomic E-state index is -4.43. The number of nitrogens with zero attached hydrogens (tertiary/aromatic N) is 2. The number of likely N-dealkylation sites (N-methyl/N-ethyl adjacent to an activating group) is 1. The number of rotatable bonds is 5. The van der Waals surface area contributed by atoms with Gasteiger partial charge in [-0.1, -0.05) is 6.07 Å². The second-order valence-electron chi connectivity index (χ2n) is 7.75. The number of carbonyl (C=O) groups is 1. The molecular weight excluding hydrogens is 411 g/mol. The van der Waals surface area contributed by atoms with Crippen molar-refractivity contribution in [2.24, 2.45) is 0 Å². The molecule has 0 aliphatic carbocycles. The molecule has 0 radical (unpaired) electrons. The molecule has 1 N–H and O–H groups in total. The summed E-state index contributed by atoms with van der Waals surface area (Å²) < 4.78 is 49.2. The molecule has 0 bridgehead atoms. The lowest BCUT2D eigenvalue weighted by atomic mass is 10.0. The molecule has 1 atom stereocenters. The maximum absolute atomic E-state index is 12.8. The first kappa shape index (κ1) is 21.5. The predicted molar refractivity (Wildman–Crippen MR) is 108 cm³/mol. The van der Waals surface area contributed by atoms with Crippen LogP contribution in [0.15, 0.2) is 42.5 Å². The third kappa shape index (κ3) is 4.94. The topological polar surface area (TPSA) is 54.0 Å². The van der Waals surface area contributed by atoms with Crippen molar-refractivity contribution in [3.8, 4) is 11.5 Å². The van der Waals surface area contributed by atoms with Crippen molar-refractivity contribution in [1.82, 2.24) is 15.1 Å². The molecule has 0 saturated carbocycles. The first-order valence-corrected chi connectivity index (χ1v) is 10.1. The molecule has 1 fully saturated rings.